The number of hydrogen-bond acceptors (Lipinski definition) is 5. The van der Waals surface area contributed by atoms with Gasteiger partial charge in [-0.1, -0.05) is 19.9 Å². The Morgan fingerprint density at radius 3 is 2.84 bits per heavy atom. The average Bonchev–Trinajstić information content (AvgIpc) is 2.77. The number of benzene rings is 2. The molecule has 0 spiro atoms. The van der Waals surface area contributed by atoms with Gasteiger partial charge in [-0.15, -0.1) is 0 Å². The molecule has 2 aromatic carbocycles. The van der Waals surface area contributed by atoms with Crippen molar-refractivity contribution in [3.63, 3.8) is 0 Å². The van der Waals surface area contributed by atoms with Crippen molar-refractivity contribution in [2.75, 3.05) is 24.3 Å². The zero-order chi connectivity index (χ0) is 22.7. The van der Waals surface area contributed by atoms with Crippen LogP contribution in [0.25, 0.3) is 0 Å². The molecule has 0 atom stereocenters. The minimum Gasteiger partial charge on any atom is -0.481 e. The van der Waals surface area contributed by atoms with Gasteiger partial charge in [-0.05, 0) is 53.1 Å². The van der Waals surface area contributed by atoms with Crippen molar-refractivity contribution in [2.24, 2.45) is 0 Å². The average molecular weight is 435 g/mol. The zero-order valence-electron chi connectivity index (χ0n) is 18.5. The normalized spacial score (nSPS) is 14.4. The summed E-state index contributed by atoms with van der Waals surface area (Å²) in [5.74, 6) is -0.229. The quantitative estimate of drug-likeness (QED) is 0.534. The number of halogens is 1. The number of carbonyl (C=O) groups excluding carboxylic acids is 1. The standard InChI is InChI=1S/C25H27FN4O2/c1-25(2)15-27-14-17-11-19(5-7-21(17)25)30-24(31)20-6-4-18(26)12-22(20)29-13-16-8-9-28-23(10-16)32-3/h4-12,27,29H,13-15H2,1-3H3,(H,30,31). The van der Waals surface area contributed by atoms with Gasteiger partial charge in [0.15, 0.2) is 0 Å². The lowest BCUT2D eigenvalue weighted by atomic mass is 9.79. The summed E-state index contributed by atoms with van der Waals surface area (Å²) in [6.45, 7) is 6.47. The number of pyridine rings is 1. The molecule has 1 aliphatic rings. The summed E-state index contributed by atoms with van der Waals surface area (Å²) in [4.78, 5) is 17.1. The fourth-order valence-electron chi connectivity index (χ4n) is 4.01. The first-order valence-corrected chi connectivity index (χ1v) is 10.5. The van der Waals surface area contributed by atoms with E-state index in [4.69, 9.17) is 4.74 Å². The first-order chi connectivity index (χ1) is 15.4. The number of hydrogen-bond donors (Lipinski definition) is 3. The van der Waals surface area contributed by atoms with Crippen LogP contribution in [0.3, 0.4) is 0 Å². The number of rotatable bonds is 6. The Bertz CT molecular complexity index is 1150. The van der Waals surface area contributed by atoms with Crippen LogP contribution in [0.5, 0.6) is 5.88 Å². The third kappa shape index (κ3) is 4.73. The van der Waals surface area contributed by atoms with Gasteiger partial charge in [-0.3, -0.25) is 4.79 Å². The highest BCUT2D eigenvalue weighted by molar-refractivity contribution is 6.08. The van der Waals surface area contributed by atoms with Crippen LogP contribution in [0.15, 0.2) is 54.7 Å². The van der Waals surface area contributed by atoms with Crippen LogP contribution in [0.4, 0.5) is 15.8 Å². The van der Waals surface area contributed by atoms with Crippen LogP contribution in [-0.4, -0.2) is 24.5 Å². The summed E-state index contributed by atoms with van der Waals surface area (Å²) in [5, 5.41) is 9.53. The van der Waals surface area contributed by atoms with Crippen molar-refractivity contribution in [1.29, 1.82) is 0 Å². The van der Waals surface area contributed by atoms with Gasteiger partial charge in [0.25, 0.3) is 5.91 Å². The summed E-state index contributed by atoms with van der Waals surface area (Å²) >= 11 is 0. The van der Waals surface area contributed by atoms with Gasteiger partial charge in [0.05, 0.1) is 18.4 Å². The van der Waals surface area contributed by atoms with Crippen LogP contribution in [0, 0.1) is 5.82 Å². The number of carbonyl (C=O) groups is 1. The van der Waals surface area contributed by atoms with Crippen molar-refractivity contribution >= 4 is 17.3 Å². The number of aromatic nitrogens is 1. The zero-order valence-corrected chi connectivity index (χ0v) is 18.5. The first kappa shape index (κ1) is 21.8. The van der Waals surface area contributed by atoms with Crippen LogP contribution in [-0.2, 0) is 18.5 Å². The maximum Gasteiger partial charge on any atom is 0.257 e. The smallest absolute Gasteiger partial charge is 0.257 e. The molecular formula is C25H27FN4O2. The molecule has 1 aliphatic heterocycles. The SMILES string of the molecule is COc1cc(CNc2cc(F)ccc2C(=O)Nc2ccc3c(c2)CNCC3(C)C)ccn1. The minimum absolute atomic E-state index is 0.0415. The summed E-state index contributed by atoms with van der Waals surface area (Å²) in [5.41, 5.74) is 4.89. The molecule has 0 fully saturated rings. The molecule has 0 saturated carbocycles. The third-order valence-electron chi connectivity index (χ3n) is 5.69. The highest BCUT2D eigenvalue weighted by Gasteiger charge is 2.27. The molecule has 1 amide bonds. The van der Waals surface area contributed by atoms with E-state index in [0.717, 1.165) is 18.7 Å². The number of nitrogens with one attached hydrogen (secondary N) is 3. The lowest BCUT2D eigenvalue weighted by molar-refractivity contribution is 0.102. The predicted octanol–water partition coefficient (Wildman–Crippen LogP) is 4.47. The van der Waals surface area contributed by atoms with Crippen molar-refractivity contribution in [3.8, 4) is 5.88 Å². The Balaban J connectivity index is 1.53. The molecule has 32 heavy (non-hydrogen) atoms. The van der Waals surface area contributed by atoms with E-state index in [1.54, 1.807) is 19.4 Å². The molecule has 0 radical (unpaired) electrons. The maximum absolute atomic E-state index is 13.9. The summed E-state index contributed by atoms with van der Waals surface area (Å²) in [6.07, 6.45) is 1.64. The Hall–Kier alpha value is -3.45. The monoisotopic (exact) mass is 434 g/mol. The van der Waals surface area contributed by atoms with Crippen molar-refractivity contribution in [2.45, 2.75) is 32.4 Å². The molecule has 6 nitrogen and oxygen atoms in total. The minimum atomic E-state index is -0.418. The predicted molar refractivity (Wildman–Crippen MR) is 124 cm³/mol. The molecule has 3 aromatic rings. The Morgan fingerprint density at radius 2 is 2.03 bits per heavy atom. The fourth-order valence-corrected chi connectivity index (χ4v) is 4.01. The molecular weight excluding hydrogens is 407 g/mol. The van der Waals surface area contributed by atoms with Crippen molar-refractivity contribution < 1.29 is 13.9 Å². The van der Waals surface area contributed by atoms with E-state index >= 15 is 0 Å². The lowest BCUT2D eigenvalue weighted by Crippen LogP contribution is -2.38. The molecule has 2 heterocycles. The molecule has 3 N–H and O–H groups in total. The molecule has 1 aromatic heterocycles. The van der Waals surface area contributed by atoms with E-state index in [-0.39, 0.29) is 11.3 Å². The molecule has 0 saturated heterocycles. The second kappa shape index (κ2) is 8.96. The Labute approximate surface area is 187 Å². The number of methoxy groups -OCH3 is 1. The number of ether oxygens (including phenoxy) is 1. The van der Waals surface area contributed by atoms with E-state index < -0.39 is 5.82 Å². The van der Waals surface area contributed by atoms with E-state index in [9.17, 15) is 9.18 Å². The van der Waals surface area contributed by atoms with Gasteiger partial charge < -0.3 is 20.7 Å². The van der Waals surface area contributed by atoms with Gasteiger partial charge in [0.1, 0.15) is 5.82 Å². The molecule has 0 unspecified atom stereocenters. The molecule has 0 bridgehead atoms. The largest absolute Gasteiger partial charge is 0.481 e. The Morgan fingerprint density at radius 1 is 1.19 bits per heavy atom. The van der Waals surface area contributed by atoms with Gasteiger partial charge in [0, 0.05) is 43.0 Å². The van der Waals surface area contributed by atoms with Gasteiger partial charge in [-0.2, -0.15) is 0 Å². The number of nitrogens with zero attached hydrogens (tertiary/aromatic N) is 1. The van der Waals surface area contributed by atoms with E-state index in [2.05, 4.69) is 40.8 Å². The molecule has 7 heteroatoms. The molecule has 166 valence electrons. The highest BCUT2D eigenvalue weighted by atomic mass is 19.1. The second-order valence-corrected chi connectivity index (χ2v) is 8.56. The first-order valence-electron chi connectivity index (χ1n) is 10.5. The lowest BCUT2D eigenvalue weighted by Gasteiger charge is -2.33. The number of amides is 1. The van der Waals surface area contributed by atoms with Gasteiger partial charge in [0.2, 0.25) is 5.88 Å². The molecule has 4 rings (SSSR count). The van der Waals surface area contributed by atoms with Crippen molar-refractivity contribution in [3.05, 3.63) is 82.8 Å². The third-order valence-corrected chi connectivity index (χ3v) is 5.69. The Kier molecular flexibility index (Phi) is 6.10. The van der Waals surface area contributed by atoms with Crippen LogP contribution >= 0.6 is 0 Å². The fraction of sp³-hybridized carbons (Fsp3) is 0.280. The second-order valence-electron chi connectivity index (χ2n) is 8.56. The highest BCUT2D eigenvalue weighted by Crippen LogP contribution is 2.31. The van der Waals surface area contributed by atoms with Crippen LogP contribution in [0.2, 0.25) is 0 Å². The topological polar surface area (TPSA) is 75.3 Å². The molecule has 0 aliphatic carbocycles. The number of anilines is 2. The van der Waals surface area contributed by atoms with Crippen LogP contribution < -0.4 is 20.7 Å². The van der Waals surface area contributed by atoms with Crippen LogP contribution in [0.1, 0.15) is 40.9 Å². The summed E-state index contributed by atoms with van der Waals surface area (Å²) < 4.78 is 19.1. The van der Waals surface area contributed by atoms with E-state index in [0.29, 0.717) is 29.4 Å². The summed E-state index contributed by atoms with van der Waals surface area (Å²) in [7, 11) is 1.55. The van der Waals surface area contributed by atoms with Gasteiger partial charge in [-0.25, -0.2) is 9.37 Å². The number of fused-ring (bicyclic) bond motifs is 1. The van der Waals surface area contributed by atoms with E-state index in [1.807, 2.05) is 18.2 Å². The van der Waals surface area contributed by atoms with E-state index in [1.165, 1.54) is 29.3 Å². The van der Waals surface area contributed by atoms with Crippen molar-refractivity contribution in [1.82, 2.24) is 10.3 Å². The van der Waals surface area contributed by atoms with Gasteiger partial charge >= 0.3 is 0 Å². The summed E-state index contributed by atoms with van der Waals surface area (Å²) in [6, 6.07) is 13.7. The maximum atomic E-state index is 13.9.